The van der Waals surface area contributed by atoms with Crippen LogP contribution in [-0.2, 0) is 5.75 Å². The SMILES string of the molecule is COc1ccc(-c2nc(CSc3nnnn3-c3ccc(C)cc3)co2)cc1. The molecule has 2 aromatic carbocycles. The Morgan fingerprint density at radius 1 is 1.07 bits per heavy atom. The third-order valence-corrected chi connectivity index (χ3v) is 4.91. The molecule has 0 saturated carbocycles. The number of hydrogen-bond donors (Lipinski definition) is 0. The normalized spacial score (nSPS) is 10.9. The molecule has 0 radical (unpaired) electrons. The molecule has 0 fully saturated rings. The van der Waals surface area contributed by atoms with Gasteiger partial charge in [-0.25, -0.2) is 4.98 Å². The zero-order valence-corrected chi connectivity index (χ0v) is 15.7. The summed E-state index contributed by atoms with van der Waals surface area (Å²) in [7, 11) is 1.64. The maximum atomic E-state index is 5.60. The molecule has 136 valence electrons. The first-order chi connectivity index (χ1) is 13.2. The monoisotopic (exact) mass is 379 g/mol. The minimum absolute atomic E-state index is 0.575. The average Bonchev–Trinajstić information content (AvgIpc) is 3.36. The summed E-state index contributed by atoms with van der Waals surface area (Å²) in [5.41, 5.74) is 3.84. The van der Waals surface area contributed by atoms with Gasteiger partial charge in [0.2, 0.25) is 11.0 Å². The number of rotatable bonds is 6. The molecule has 0 unspecified atom stereocenters. The Morgan fingerprint density at radius 2 is 1.85 bits per heavy atom. The highest BCUT2D eigenvalue weighted by molar-refractivity contribution is 7.98. The second-order valence-corrected chi connectivity index (χ2v) is 6.81. The summed E-state index contributed by atoms with van der Waals surface area (Å²) >= 11 is 1.50. The molecular formula is C19H17N5O2S. The highest BCUT2D eigenvalue weighted by Gasteiger charge is 2.12. The summed E-state index contributed by atoms with van der Waals surface area (Å²) in [6.45, 7) is 2.05. The Labute approximate surface area is 160 Å². The lowest BCUT2D eigenvalue weighted by Crippen LogP contribution is -1.99. The fourth-order valence-corrected chi connectivity index (χ4v) is 3.26. The summed E-state index contributed by atoms with van der Waals surface area (Å²) in [6, 6.07) is 15.6. The van der Waals surface area contributed by atoms with Crippen molar-refractivity contribution >= 4 is 11.8 Å². The fourth-order valence-electron chi connectivity index (χ4n) is 2.49. The molecule has 0 aliphatic carbocycles. The van der Waals surface area contributed by atoms with Gasteiger partial charge in [0, 0.05) is 11.3 Å². The van der Waals surface area contributed by atoms with E-state index in [9.17, 15) is 0 Å². The van der Waals surface area contributed by atoms with Crippen LogP contribution in [0, 0.1) is 6.92 Å². The van der Waals surface area contributed by atoms with E-state index >= 15 is 0 Å². The largest absolute Gasteiger partial charge is 0.497 e. The third-order valence-electron chi connectivity index (χ3n) is 3.96. The number of oxazole rings is 1. The number of aryl methyl sites for hydroxylation is 1. The molecule has 0 aliphatic rings. The Morgan fingerprint density at radius 3 is 2.59 bits per heavy atom. The standard InChI is InChI=1S/C19H17N5O2S/c1-13-3-7-16(8-4-13)24-19(21-22-23-24)27-12-15-11-26-18(20-15)14-5-9-17(25-2)10-6-14/h3-11H,12H2,1-2H3. The van der Waals surface area contributed by atoms with E-state index in [0.717, 1.165) is 22.7 Å². The van der Waals surface area contributed by atoms with Gasteiger partial charge < -0.3 is 9.15 Å². The lowest BCUT2D eigenvalue weighted by atomic mass is 10.2. The second kappa shape index (κ2) is 7.63. The molecule has 0 saturated heterocycles. The number of benzene rings is 2. The summed E-state index contributed by atoms with van der Waals surface area (Å²) in [5.74, 6) is 1.97. The molecule has 0 bridgehead atoms. The van der Waals surface area contributed by atoms with Crippen molar-refractivity contribution in [2.45, 2.75) is 17.8 Å². The number of hydrogen-bond acceptors (Lipinski definition) is 7. The summed E-state index contributed by atoms with van der Waals surface area (Å²) in [4.78, 5) is 4.54. The number of thioether (sulfide) groups is 1. The van der Waals surface area contributed by atoms with E-state index in [1.54, 1.807) is 18.1 Å². The van der Waals surface area contributed by atoms with Crippen molar-refractivity contribution in [3.05, 3.63) is 66.1 Å². The molecule has 0 amide bonds. The van der Waals surface area contributed by atoms with Crippen LogP contribution in [0.3, 0.4) is 0 Å². The minimum atomic E-state index is 0.575. The van der Waals surface area contributed by atoms with Crippen LogP contribution in [0.25, 0.3) is 17.1 Å². The Kier molecular flexibility index (Phi) is 4.88. The van der Waals surface area contributed by atoms with E-state index in [1.807, 2.05) is 55.5 Å². The number of ether oxygens (including phenoxy) is 1. The average molecular weight is 379 g/mol. The van der Waals surface area contributed by atoms with Crippen LogP contribution in [0.1, 0.15) is 11.3 Å². The van der Waals surface area contributed by atoms with Crippen LogP contribution in [0.5, 0.6) is 5.75 Å². The van der Waals surface area contributed by atoms with Gasteiger partial charge in [-0.15, -0.1) is 5.10 Å². The van der Waals surface area contributed by atoms with Crippen LogP contribution in [-0.4, -0.2) is 32.3 Å². The molecule has 0 N–H and O–H groups in total. The van der Waals surface area contributed by atoms with Crippen LogP contribution in [0.15, 0.2) is 64.4 Å². The van der Waals surface area contributed by atoms with E-state index in [1.165, 1.54) is 17.3 Å². The second-order valence-electron chi connectivity index (χ2n) is 5.87. The van der Waals surface area contributed by atoms with E-state index in [-0.39, 0.29) is 0 Å². The van der Waals surface area contributed by atoms with Gasteiger partial charge in [-0.1, -0.05) is 29.5 Å². The number of tetrazole rings is 1. The Bertz CT molecular complexity index is 1020. The van der Waals surface area contributed by atoms with Gasteiger partial charge in [-0.2, -0.15) is 4.68 Å². The van der Waals surface area contributed by atoms with Crippen molar-refractivity contribution in [1.82, 2.24) is 25.2 Å². The highest BCUT2D eigenvalue weighted by atomic mass is 32.2. The van der Waals surface area contributed by atoms with Gasteiger partial charge in [0.25, 0.3) is 0 Å². The fraction of sp³-hybridized carbons (Fsp3) is 0.158. The first kappa shape index (κ1) is 17.3. The van der Waals surface area contributed by atoms with Gasteiger partial charge in [0.1, 0.15) is 12.0 Å². The number of methoxy groups -OCH3 is 1. The van der Waals surface area contributed by atoms with Crippen LogP contribution >= 0.6 is 11.8 Å². The lowest BCUT2D eigenvalue weighted by Gasteiger charge is -2.03. The number of nitrogens with zero attached hydrogens (tertiary/aromatic N) is 5. The number of aromatic nitrogens is 5. The van der Waals surface area contributed by atoms with Crippen LogP contribution < -0.4 is 4.74 Å². The van der Waals surface area contributed by atoms with E-state index in [4.69, 9.17) is 9.15 Å². The molecule has 0 aliphatic heterocycles. The summed E-state index contributed by atoms with van der Waals surface area (Å²) < 4.78 is 12.5. The van der Waals surface area contributed by atoms with E-state index < -0.39 is 0 Å². The van der Waals surface area contributed by atoms with Gasteiger partial charge >= 0.3 is 0 Å². The highest BCUT2D eigenvalue weighted by Crippen LogP contribution is 2.26. The molecule has 7 nitrogen and oxygen atoms in total. The minimum Gasteiger partial charge on any atom is -0.497 e. The van der Waals surface area contributed by atoms with Crippen LogP contribution in [0.4, 0.5) is 0 Å². The topological polar surface area (TPSA) is 78.9 Å². The van der Waals surface area contributed by atoms with E-state index in [2.05, 4.69) is 20.5 Å². The van der Waals surface area contributed by atoms with Gasteiger partial charge in [0.05, 0.1) is 18.5 Å². The van der Waals surface area contributed by atoms with Crippen molar-refractivity contribution in [2.24, 2.45) is 0 Å². The molecule has 4 rings (SSSR count). The van der Waals surface area contributed by atoms with Gasteiger partial charge in [-0.3, -0.25) is 0 Å². The third kappa shape index (κ3) is 3.85. The van der Waals surface area contributed by atoms with Gasteiger partial charge in [0.15, 0.2) is 0 Å². The van der Waals surface area contributed by atoms with Crippen molar-refractivity contribution in [3.63, 3.8) is 0 Å². The summed E-state index contributed by atoms with van der Waals surface area (Å²) in [5, 5.41) is 12.7. The molecule has 0 atom stereocenters. The van der Waals surface area contributed by atoms with Crippen molar-refractivity contribution in [1.29, 1.82) is 0 Å². The van der Waals surface area contributed by atoms with Crippen molar-refractivity contribution < 1.29 is 9.15 Å². The molecule has 8 heteroatoms. The summed E-state index contributed by atoms with van der Waals surface area (Å²) in [6.07, 6.45) is 1.66. The molecule has 2 heterocycles. The molecule has 4 aromatic rings. The van der Waals surface area contributed by atoms with E-state index in [0.29, 0.717) is 16.8 Å². The zero-order valence-electron chi connectivity index (χ0n) is 14.9. The molecule has 0 spiro atoms. The lowest BCUT2D eigenvalue weighted by molar-refractivity contribution is 0.415. The van der Waals surface area contributed by atoms with Crippen molar-refractivity contribution in [2.75, 3.05) is 7.11 Å². The van der Waals surface area contributed by atoms with Crippen molar-refractivity contribution in [3.8, 4) is 22.9 Å². The first-order valence-corrected chi connectivity index (χ1v) is 9.28. The maximum absolute atomic E-state index is 5.60. The zero-order chi connectivity index (χ0) is 18.6. The quantitative estimate of drug-likeness (QED) is 0.470. The predicted molar refractivity (Wildman–Crippen MR) is 102 cm³/mol. The first-order valence-electron chi connectivity index (χ1n) is 8.30. The molecular weight excluding hydrogens is 362 g/mol. The van der Waals surface area contributed by atoms with Gasteiger partial charge in [-0.05, 0) is 53.7 Å². The van der Waals surface area contributed by atoms with Crippen LogP contribution in [0.2, 0.25) is 0 Å². The molecule has 2 aromatic heterocycles. The molecule has 27 heavy (non-hydrogen) atoms. The maximum Gasteiger partial charge on any atom is 0.226 e. The smallest absolute Gasteiger partial charge is 0.226 e. The Hall–Kier alpha value is -3.13. The Balaban J connectivity index is 1.46. The predicted octanol–water partition coefficient (Wildman–Crippen LogP) is 3.93.